The van der Waals surface area contributed by atoms with Crippen molar-refractivity contribution in [3.63, 3.8) is 0 Å². The molecule has 0 amide bonds. The highest BCUT2D eigenvalue weighted by Gasteiger charge is 2.32. The maximum Gasteiger partial charge on any atom is 0.0746 e. The lowest BCUT2D eigenvalue weighted by atomic mass is 10.0. The highest BCUT2D eigenvalue weighted by atomic mass is 79.9. The van der Waals surface area contributed by atoms with Crippen LogP contribution >= 0.6 is 15.9 Å². The number of halogens is 1. The minimum absolute atomic E-state index is 0.606. The summed E-state index contributed by atoms with van der Waals surface area (Å²) in [4.78, 5) is 4.93. The predicted octanol–water partition coefficient (Wildman–Crippen LogP) is 1.99. The van der Waals surface area contributed by atoms with Crippen molar-refractivity contribution in [2.45, 2.75) is 13.0 Å². The Morgan fingerprint density at radius 2 is 2.24 bits per heavy atom. The third-order valence-corrected chi connectivity index (χ3v) is 4.32. The van der Waals surface area contributed by atoms with Gasteiger partial charge in [-0.3, -0.25) is 0 Å². The molecule has 92 valence electrons. The molecule has 1 aromatic carbocycles. The van der Waals surface area contributed by atoms with Gasteiger partial charge in [-0.15, -0.1) is 0 Å². The maximum atomic E-state index is 3.71. The van der Waals surface area contributed by atoms with Gasteiger partial charge in [-0.1, -0.05) is 0 Å². The average molecular weight is 296 g/mol. The molecule has 0 aliphatic carbocycles. The van der Waals surface area contributed by atoms with E-state index in [9.17, 15) is 0 Å². The molecule has 1 atom stereocenters. The number of anilines is 2. The lowest BCUT2D eigenvalue weighted by Crippen LogP contribution is -2.58. The largest absolute Gasteiger partial charge is 0.370 e. The molecule has 0 saturated carbocycles. The van der Waals surface area contributed by atoms with Crippen molar-refractivity contribution in [3.8, 4) is 0 Å². The highest BCUT2D eigenvalue weighted by Crippen LogP contribution is 2.41. The number of nitrogens with zero attached hydrogens (tertiary/aromatic N) is 2. The first-order chi connectivity index (χ1) is 8.16. The van der Waals surface area contributed by atoms with Crippen LogP contribution in [-0.4, -0.2) is 39.3 Å². The second-order valence-corrected chi connectivity index (χ2v) is 5.90. The lowest BCUT2D eigenvalue weighted by molar-refractivity contribution is 0.465. The molecular weight excluding hydrogens is 278 g/mol. The Morgan fingerprint density at radius 3 is 3.06 bits per heavy atom. The van der Waals surface area contributed by atoms with Gasteiger partial charge in [0.2, 0.25) is 0 Å². The summed E-state index contributed by atoms with van der Waals surface area (Å²) in [6.07, 6.45) is 0. The molecule has 3 nitrogen and oxygen atoms in total. The first kappa shape index (κ1) is 11.4. The first-order valence-corrected chi connectivity index (χ1v) is 6.95. The van der Waals surface area contributed by atoms with Crippen LogP contribution in [0.15, 0.2) is 16.6 Å². The van der Waals surface area contributed by atoms with Crippen LogP contribution < -0.4 is 15.1 Å². The van der Waals surface area contributed by atoms with E-state index in [4.69, 9.17) is 0 Å². The maximum absolute atomic E-state index is 3.71. The number of fused-ring (bicyclic) bond motifs is 3. The summed E-state index contributed by atoms with van der Waals surface area (Å²) in [5, 5.41) is 3.48. The molecule has 3 rings (SSSR count). The number of hydrogen-bond donors (Lipinski definition) is 1. The Kier molecular flexibility index (Phi) is 2.79. The normalized spacial score (nSPS) is 23.4. The van der Waals surface area contributed by atoms with Crippen molar-refractivity contribution in [2.24, 2.45) is 0 Å². The topological polar surface area (TPSA) is 18.5 Å². The number of benzene rings is 1. The van der Waals surface area contributed by atoms with E-state index in [0.717, 1.165) is 26.2 Å². The van der Waals surface area contributed by atoms with Crippen LogP contribution in [0, 0.1) is 6.92 Å². The molecule has 2 heterocycles. The van der Waals surface area contributed by atoms with E-state index < -0.39 is 0 Å². The van der Waals surface area contributed by atoms with Gasteiger partial charge >= 0.3 is 0 Å². The number of rotatable bonds is 0. The second-order valence-electron chi connectivity index (χ2n) is 5.05. The van der Waals surface area contributed by atoms with Crippen molar-refractivity contribution >= 4 is 27.3 Å². The summed E-state index contributed by atoms with van der Waals surface area (Å²) < 4.78 is 1.21. The van der Waals surface area contributed by atoms with Gasteiger partial charge in [-0.2, -0.15) is 0 Å². The minimum atomic E-state index is 0.606. The number of piperazine rings is 1. The second kappa shape index (κ2) is 4.18. The summed E-state index contributed by atoms with van der Waals surface area (Å²) in [6, 6.07) is 5.13. The molecule has 1 saturated heterocycles. The lowest BCUT2D eigenvalue weighted by Gasteiger charge is -2.46. The van der Waals surface area contributed by atoms with E-state index in [2.05, 4.69) is 57.2 Å². The zero-order valence-corrected chi connectivity index (χ0v) is 11.9. The Morgan fingerprint density at radius 1 is 1.41 bits per heavy atom. The fourth-order valence-corrected chi connectivity index (χ4v) is 3.83. The van der Waals surface area contributed by atoms with Gasteiger partial charge < -0.3 is 15.1 Å². The molecule has 2 aliphatic rings. The van der Waals surface area contributed by atoms with E-state index in [1.54, 1.807) is 0 Å². The first-order valence-electron chi connectivity index (χ1n) is 6.15. The zero-order chi connectivity index (χ0) is 12.0. The average Bonchev–Trinajstić information content (AvgIpc) is 2.28. The number of likely N-dealkylation sites (N-methyl/N-ethyl adjacent to an activating group) is 1. The van der Waals surface area contributed by atoms with Crippen molar-refractivity contribution in [3.05, 3.63) is 22.2 Å². The summed E-state index contributed by atoms with van der Waals surface area (Å²) in [6.45, 7) is 6.56. The van der Waals surface area contributed by atoms with E-state index in [0.29, 0.717) is 6.04 Å². The van der Waals surface area contributed by atoms with Crippen LogP contribution in [0.25, 0.3) is 0 Å². The van der Waals surface area contributed by atoms with Crippen LogP contribution in [0.5, 0.6) is 0 Å². The third-order valence-electron chi connectivity index (χ3n) is 3.71. The van der Waals surface area contributed by atoms with Gasteiger partial charge in [-0.25, -0.2) is 0 Å². The number of aryl methyl sites for hydroxylation is 1. The van der Waals surface area contributed by atoms with Gasteiger partial charge in [0, 0.05) is 37.7 Å². The molecule has 0 aromatic heterocycles. The van der Waals surface area contributed by atoms with E-state index in [1.807, 2.05) is 0 Å². The fourth-order valence-electron chi connectivity index (χ4n) is 2.96. The van der Waals surface area contributed by atoms with Gasteiger partial charge in [0.25, 0.3) is 0 Å². The molecular formula is C13H18BrN3. The van der Waals surface area contributed by atoms with Crippen LogP contribution in [0.1, 0.15) is 5.56 Å². The molecule has 1 aromatic rings. The van der Waals surface area contributed by atoms with Crippen molar-refractivity contribution < 1.29 is 0 Å². The van der Waals surface area contributed by atoms with Crippen molar-refractivity contribution in [1.29, 1.82) is 0 Å². The summed E-state index contributed by atoms with van der Waals surface area (Å²) >= 11 is 3.71. The monoisotopic (exact) mass is 295 g/mol. The smallest absolute Gasteiger partial charge is 0.0746 e. The Labute approximate surface area is 111 Å². The molecule has 1 unspecified atom stereocenters. The quantitative estimate of drug-likeness (QED) is 0.790. The molecule has 2 aliphatic heterocycles. The van der Waals surface area contributed by atoms with Crippen LogP contribution in [-0.2, 0) is 0 Å². The van der Waals surface area contributed by atoms with Crippen LogP contribution in [0.2, 0.25) is 0 Å². The molecule has 1 N–H and O–H groups in total. The molecule has 4 heteroatoms. The van der Waals surface area contributed by atoms with Crippen LogP contribution in [0.3, 0.4) is 0 Å². The fraction of sp³-hybridized carbons (Fsp3) is 0.538. The van der Waals surface area contributed by atoms with E-state index in [-0.39, 0.29) is 0 Å². The molecule has 17 heavy (non-hydrogen) atoms. The number of hydrogen-bond acceptors (Lipinski definition) is 3. The van der Waals surface area contributed by atoms with Gasteiger partial charge in [-0.05, 0) is 40.5 Å². The summed E-state index contributed by atoms with van der Waals surface area (Å²) in [5.74, 6) is 0. The standard InChI is InChI=1S/C13H18BrN3/c1-9-5-11(14)13-12(6-9)17-4-3-15-7-10(17)8-16(13)2/h5-6,10,15H,3-4,7-8H2,1-2H3. The Hall–Kier alpha value is -0.740. The number of nitrogens with one attached hydrogen (secondary N) is 1. The summed E-state index contributed by atoms with van der Waals surface area (Å²) in [5.41, 5.74) is 4.05. The predicted molar refractivity (Wildman–Crippen MR) is 76.2 cm³/mol. The SMILES string of the molecule is Cc1cc(Br)c2c(c1)N1CCNCC1CN2C. The Bertz CT molecular complexity index is 447. The molecule has 1 fully saturated rings. The summed E-state index contributed by atoms with van der Waals surface area (Å²) in [7, 11) is 2.19. The zero-order valence-electron chi connectivity index (χ0n) is 10.3. The third kappa shape index (κ3) is 1.83. The van der Waals surface area contributed by atoms with Gasteiger partial charge in [0.05, 0.1) is 17.4 Å². The van der Waals surface area contributed by atoms with Gasteiger partial charge in [0.15, 0.2) is 0 Å². The van der Waals surface area contributed by atoms with Gasteiger partial charge in [0.1, 0.15) is 0 Å². The molecule has 0 radical (unpaired) electrons. The minimum Gasteiger partial charge on any atom is -0.370 e. The molecule has 0 bridgehead atoms. The molecule has 0 spiro atoms. The Balaban J connectivity index is 2.11. The van der Waals surface area contributed by atoms with Crippen LogP contribution in [0.4, 0.5) is 11.4 Å². The van der Waals surface area contributed by atoms with E-state index >= 15 is 0 Å². The van der Waals surface area contributed by atoms with Crippen molar-refractivity contribution in [1.82, 2.24) is 5.32 Å². The van der Waals surface area contributed by atoms with Crippen molar-refractivity contribution in [2.75, 3.05) is 43.0 Å². The highest BCUT2D eigenvalue weighted by molar-refractivity contribution is 9.10. The van der Waals surface area contributed by atoms with E-state index in [1.165, 1.54) is 21.4 Å².